The van der Waals surface area contributed by atoms with E-state index >= 15 is 0 Å². The van der Waals surface area contributed by atoms with Gasteiger partial charge in [-0.2, -0.15) is 4.31 Å². The van der Waals surface area contributed by atoms with E-state index in [0.717, 1.165) is 23.3 Å². The molecule has 8 heteroatoms. The van der Waals surface area contributed by atoms with Crippen molar-refractivity contribution in [1.82, 2.24) is 9.62 Å². The number of nitrogens with one attached hydrogen (secondary N) is 1. The maximum absolute atomic E-state index is 13.6. The third-order valence-corrected chi connectivity index (χ3v) is 6.43. The Kier molecular flexibility index (Phi) is 5.86. The monoisotopic (exact) mass is 394 g/mol. The van der Waals surface area contributed by atoms with Crippen molar-refractivity contribution in [3.05, 3.63) is 70.8 Å². The summed E-state index contributed by atoms with van der Waals surface area (Å²) in [5.41, 5.74) is 1.90. The Morgan fingerprint density at radius 1 is 1.11 bits per heavy atom. The molecule has 0 aromatic heterocycles. The van der Waals surface area contributed by atoms with Gasteiger partial charge in [-0.1, -0.05) is 24.3 Å². The summed E-state index contributed by atoms with van der Waals surface area (Å²) < 4.78 is 52.9. The first-order valence-corrected chi connectivity index (χ1v) is 10.3. The van der Waals surface area contributed by atoms with Crippen molar-refractivity contribution < 1.29 is 22.0 Å². The van der Waals surface area contributed by atoms with Crippen LogP contribution in [-0.2, 0) is 23.0 Å². The number of amides is 1. The van der Waals surface area contributed by atoms with E-state index < -0.39 is 27.6 Å². The van der Waals surface area contributed by atoms with Crippen LogP contribution in [0, 0.1) is 11.6 Å². The van der Waals surface area contributed by atoms with E-state index in [1.54, 1.807) is 0 Å². The summed E-state index contributed by atoms with van der Waals surface area (Å²) in [6, 6.07) is 10.4. The lowest BCUT2D eigenvalue weighted by Gasteiger charge is -2.28. The van der Waals surface area contributed by atoms with E-state index in [2.05, 4.69) is 5.32 Å². The number of hydrogen-bond donors (Lipinski definition) is 1. The number of sulfonamides is 1. The van der Waals surface area contributed by atoms with Crippen molar-refractivity contribution in [3.63, 3.8) is 0 Å². The van der Waals surface area contributed by atoms with Crippen molar-refractivity contribution in [2.24, 2.45) is 0 Å². The maximum atomic E-state index is 13.6. The van der Waals surface area contributed by atoms with E-state index in [1.807, 2.05) is 24.3 Å². The fourth-order valence-electron chi connectivity index (χ4n) is 3.06. The van der Waals surface area contributed by atoms with Crippen LogP contribution in [0.1, 0.15) is 27.9 Å². The number of benzene rings is 2. The Balaban J connectivity index is 1.50. The molecule has 1 amide bonds. The lowest BCUT2D eigenvalue weighted by molar-refractivity contribution is 0.0949. The standard InChI is InChI=1S/C19H20F2N2O3S/c20-16-6-7-17(18(21)12-16)19(24)22-9-3-11-27(25,26)23-10-8-14-4-1-2-5-15(14)13-23/h1-2,4-7,12H,3,8-11,13H2,(H,22,24). The summed E-state index contributed by atoms with van der Waals surface area (Å²) in [4.78, 5) is 11.9. The molecular weight excluding hydrogens is 374 g/mol. The predicted octanol–water partition coefficient (Wildman–Crippen LogP) is 2.47. The lowest BCUT2D eigenvalue weighted by atomic mass is 10.0. The van der Waals surface area contributed by atoms with Gasteiger partial charge in [0.2, 0.25) is 10.0 Å². The minimum atomic E-state index is -3.44. The van der Waals surface area contributed by atoms with Gasteiger partial charge >= 0.3 is 0 Å². The molecule has 3 rings (SSSR count). The molecule has 0 radical (unpaired) electrons. The van der Waals surface area contributed by atoms with Crippen LogP contribution in [0.15, 0.2) is 42.5 Å². The van der Waals surface area contributed by atoms with Gasteiger partial charge in [0.15, 0.2) is 0 Å². The zero-order chi connectivity index (χ0) is 19.4. The molecule has 0 atom stereocenters. The minimum absolute atomic E-state index is 0.0826. The van der Waals surface area contributed by atoms with Crippen LogP contribution in [0.25, 0.3) is 0 Å². The molecule has 1 aliphatic heterocycles. The Morgan fingerprint density at radius 3 is 2.59 bits per heavy atom. The average Bonchev–Trinajstić information content (AvgIpc) is 2.64. The van der Waals surface area contributed by atoms with E-state index in [-0.39, 0.29) is 24.3 Å². The molecule has 144 valence electrons. The second kappa shape index (κ2) is 8.14. The Morgan fingerprint density at radius 2 is 1.85 bits per heavy atom. The van der Waals surface area contributed by atoms with Gasteiger partial charge in [0.05, 0.1) is 11.3 Å². The lowest BCUT2D eigenvalue weighted by Crippen LogP contribution is -2.38. The highest BCUT2D eigenvalue weighted by atomic mass is 32.2. The third kappa shape index (κ3) is 4.70. The maximum Gasteiger partial charge on any atom is 0.254 e. The van der Waals surface area contributed by atoms with Gasteiger partial charge in [-0.25, -0.2) is 17.2 Å². The van der Waals surface area contributed by atoms with Crippen LogP contribution < -0.4 is 5.32 Å². The molecule has 0 fully saturated rings. The van der Waals surface area contributed by atoms with Crippen LogP contribution in [0.5, 0.6) is 0 Å². The summed E-state index contributed by atoms with van der Waals surface area (Å²) in [6.07, 6.45) is 0.880. The molecule has 0 bridgehead atoms. The molecule has 0 spiro atoms. The third-order valence-electron chi connectivity index (χ3n) is 4.53. The number of hydrogen-bond acceptors (Lipinski definition) is 3. The Bertz CT molecular complexity index is 948. The summed E-state index contributed by atoms with van der Waals surface area (Å²) in [5, 5.41) is 2.47. The van der Waals surface area contributed by atoms with Gasteiger partial charge in [0, 0.05) is 25.7 Å². The number of carbonyl (C=O) groups is 1. The summed E-state index contributed by atoms with van der Waals surface area (Å²) in [6.45, 7) is 0.872. The van der Waals surface area contributed by atoms with E-state index in [1.165, 1.54) is 4.31 Å². The average molecular weight is 394 g/mol. The van der Waals surface area contributed by atoms with E-state index in [0.29, 0.717) is 25.6 Å². The molecular formula is C19H20F2N2O3S. The smallest absolute Gasteiger partial charge is 0.254 e. The molecule has 1 aliphatic rings. The summed E-state index contributed by atoms with van der Waals surface area (Å²) >= 11 is 0. The largest absolute Gasteiger partial charge is 0.352 e. The van der Waals surface area contributed by atoms with Crippen LogP contribution in [-0.4, -0.2) is 37.5 Å². The van der Waals surface area contributed by atoms with Crippen LogP contribution >= 0.6 is 0 Å². The van der Waals surface area contributed by atoms with Gasteiger partial charge in [0.1, 0.15) is 11.6 Å². The van der Waals surface area contributed by atoms with Crippen molar-refractivity contribution in [1.29, 1.82) is 0 Å². The van der Waals surface area contributed by atoms with Gasteiger partial charge in [-0.15, -0.1) is 0 Å². The molecule has 0 aliphatic carbocycles. The summed E-state index contributed by atoms with van der Waals surface area (Å²) in [5.74, 6) is -2.52. The molecule has 0 saturated heterocycles. The molecule has 1 N–H and O–H groups in total. The first kappa shape index (κ1) is 19.4. The molecule has 0 unspecified atom stereocenters. The van der Waals surface area contributed by atoms with Gasteiger partial charge in [-0.05, 0) is 36.1 Å². The highest BCUT2D eigenvalue weighted by Gasteiger charge is 2.26. The van der Waals surface area contributed by atoms with E-state index in [9.17, 15) is 22.0 Å². The number of rotatable bonds is 6. The highest BCUT2D eigenvalue weighted by Crippen LogP contribution is 2.21. The first-order chi connectivity index (χ1) is 12.9. The number of halogens is 2. The van der Waals surface area contributed by atoms with Crippen molar-refractivity contribution >= 4 is 15.9 Å². The zero-order valence-corrected chi connectivity index (χ0v) is 15.4. The molecule has 27 heavy (non-hydrogen) atoms. The first-order valence-electron chi connectivity index (χ1n) is 8.65. The Hall–Kier alpha value is -2.32. The van der Waals surface area contributed by atoms with Crippen LogP contribution in [0.3, 0.4) is 0 Å². The topological polar surface area (TPSA) is 66.5 Å². The molecule has 0 saturated carbocycles. The number of carbonyl (C=O) groups excluding carboxylic acids is 1. The molecule has 2 aromatic rings. The van der Waals surface area contributed by atoms with Gasteiger partial charge < -0.3 is 5.32 Å². The van der Waals surface area contributed by atoms with Gasteiger partial charge in [-0.3, -0.25) is 4.79 Å². The second-order valence-electron chi connectivity index (χ2n) is 6.40. The normalized spacial score (nSPS) is 14.6. The zero-order valence-electron chi connectivity index (χ0n) is 14.6. The van der Waals surface area contributed by atoms with Crippen LogP contribution in [0.4, 0.5) is 8.78 Å². The van der Waals surface area contributed by atoms with Crippen molar-refractivity contribution in [2.75, 3.05) is 18.8 Å². The van der Waals surface area contributed by atoms with Crippen LogP contribution in [0.2, 0.25) is 0 Å². The molecule has 1 heterocycles. The Labute approximate surface area is 157 Å². The second-order valence-corrected chi connectivity index (χ2v) is 8.49. The number of fused-ring (bicyclic) bond motifs is 1. The number of nitrogens with zero attached hydrogens (tertiary/aromatic N) is 1. The fraction of sp³-hybridized carbons (Fsp3) is 0.316. The molecule has 2 aromatic carbocycles. The molecule has 5 nitrogen and oxygen atoms in total. The highest BCUT2D eigenvalue weighted by molar-refractivity contribution is 7.89. The van der Waals surface area contributed by atoms with E-state index in [4.69, 9.17) is 0 Å². The van der Waals surface area contributed by atoms with Crippen molar-refractivity contribution in [2.45, 2.75) is 19.4 Å². The van der Waals surface area contributed by atoms with Gasteiger partial charge in [0.25, 0.3) is 5.91 Å². The summed E-state index contributed by atoms with van der Waals surface area (Å²) in [7, 11) is -3.44. The predicted molar refractivity (Wildman–Crippen MR) is 97.7 cm³/mol. The van der Waals surface area contributed by atoms with Crippen molar-refractivity contribution in [3.8, 4) is 0 Å². The SMILES string of the molecule is O=C(NCCCS(=O)(=O)N1CCc2ccccc2C1)c1ccc(F)cc1F. The fourth-order valence-corrected chi connectivity index (χ4v) is 4.53. The minimum Gasteiger partial charge on any atom is -0.352 e. The quantitative estimate of drug-likeness (QED) is 0.766.